The Morgan fingerprint density at radius 2 is 2.11 bits per heavy atom. The van der Waals surface area contributed by atoms with E-state index < -0.39 is 0 Å². The zero-order valence-electron chi connectivity index (χ0n) is 11.0. The lowest BCUT2D eigenvalue weighted by Gasteiger charge is -2.25. The van der Waals surface area contributed by atoms with Gasteiger partial charge in [-0.25, -0.2) is 0 Å². The van der Waals surface area contributed by atoms with E-state index in [9.17, 15) is 0 Å². The highest BCUT2D eigenvalue weighted by atomic mass is 35.5. The zero-order valence-corrected chi connectivity index (χ0v) is 11.8. The number of nitrogens with zero attached hydrogens (tertiary/aromatic N) is 3. The third-order valence-corrected chi connectivity index (χ3v) is 3.64. The number of oxime groups is 1. The minimum Gasteiger partial charge on any atom is -0.409 e. The SMILES string of the molecule is CN1CCCN(c2ccc(Cl)cc2C(N)=NO)CC1. The Labute approximate surface area is 118 Å². The van der Waals surface area contributed by atoms with Crippen LogP contribution in [0.1, 0.15) is 12.0 Å². The summed E-state index contributed by atoms with van der Waals surface area (Å²) in [7, 11) is 2.12. The van der Waals surface area contributed by atoms with Crippen molar-refractivity contribution in [2.75, 3.05) is 38.1 Å². The van der Waals surface area contributed by atoms with Crippen LogP contribution in [-0.4, -0.2) is 49.2 Å². The van der Waals surface area contributed by atoms with Gasteiger partial charge in [0.1, 0.15) is 0 Å². The van der Waals surface area contributed by atoms with Crippen LogP contribution in [0.5, 0.6) is 0 Å². The number of amidine groups is 1. The van der Waals surface area contributed by atoms with E-state index in [-0.39, 0.29) is 5.84 Å². The average Bonchev–Trinajstić information content (AvgIpc) is 2.62. The number of halogens is 1. The first-order chi connectivity index (χ1) is 9.11. The van der Waals surface area contributed by atoms with Crippen LogP contribution < -0.4 is 10.6 Å². The summed E-state index contributed by atoms with van der Waals surface area (Å²) in [5.74, 6) is 0.0927. The molecule has 0 spiro atoms. The van der Waals surface area contributed by atoms with Gasteiger partial charge in [-0.3, -0.25) is 0 Å². The molecule has 6 heteroatoms. The maximum Gasteiger partial charge on any atom is 0.172 e. The number of likely N-dealkylation sites (N-methyl/N-ethyl adjacent to an activating group) is 1. The van der Waals surface area contributed by atoms with Gasteiger partial charge < -0.3 is 20.7 Å². The normalized spacial score (nSPS) is 18.4. The molecule has 0 radical (unpaired) electrons. The van der Waals surface area contributed by atoms with Crippen LogP contribution in [0.4, 0.5) is 5.69 Å². The number of anilines is 1. The molecule has 1 aliphatic heterocycles. The van der Waals surface area contributed by atoms with Gasteiger partial charge in [0, 0.05) is 35.9 Å². The van der Waals surface area contributed by atoms with Crippen molar-refractivity contribution in [3.63, 3.8) is 0 Å². The van der Waals surface area contributed by atoms with Crippen molar-refractivity contribution >= 4 is 23.1 Å². The molecule has 3 N–H and O–H groups in total. The molecule has 0 unspecified atom stereocenters. The molecule has 0 aromatic heterocycles. The smallest absolute Gasteiger partial charge is 0.172 e. The third kappa shape index (κ3) is 3.30. The van der Waals surface area contributed by atoms with Crippen LogP contribution in [0, 0.1) is 0 Å². The first-order valence-corrected chi connectivity index (χ1v) is 6.70. The summed E-state index contributed by atoms with van der Waals surface area (Å²) in [5, 5.41) is 12.6. The lowest BCUT2D eigenvalue weighted by molar-refractivity contribution is 0.318. The van der Waals surface area contributed by atoms with E-state index in [1.54, 1.807) is 6.07 Å². The Morgan fingerprint density at radius 3 is 2.84 bits per heavy atom. The molecule has 1 heterocycles. The molecule has 5 nitrogen and oxygen atoms in total. The molecular weight excluding hydrogens is 264 g/mol. The summed E-state index contributed by atoms with van der Waals surface area (Å²) in [5.41, 5.74) is 7.39. The molecule has 104 valence electrons. The highest BCUT2D eigenvalue weighted by molar-refractivity contribution is 6.31. The van der Waals surface area contributed by atoms with Crippen molar-refractivity contribution in [2.45, 2.75) is 6.42 Å². The quantitative estimate of drug-likeness (QED) is 0.374. The fourth-order valence-electron chi connectivity index (χ4n) is 2.33. The van der Waals surface area contributed by atoms with Crippen molar-refractivity contribution in [3.05, 3.63) is 28.8 Å². The molecule has 0 atom stereocenters. The maximum absolute atomic E-state index is 8.89. The van der Waals surface area contributed by atoms with Gasteiger partial charge >= 0.3 is 0 Å². The Bertz CT molecular complexity index is 478. The van der Waals surface area contributed by atoms with Crippen molar-refractivity contribution in [1.82, 2.24) is 4.90 Å². The summed E-state index contributed by atoms with van der Waals surface area (Å²) < 4.78 is 0. The molecule has 2 rings (SSSR count). The lowest BCUT2D eigenvalue weighted by atomic mass is 10.1. The second-order valence-corrected chi connectivity index (χ2v) is 5.23. The predicted octanol–water partition coefficient (Wildman–Crippen LogP) is 1.58. The number of nitrogens with two attached hydrogens (primary N) is 1. The van der Waals surface area contributed by atoms with Gasteiger partial charge in [0.2, 0.25) is 0 Å². The largest absolute Gasteiger partial charge is 0.409 e. The highest BCUT2D eigenvalue weighted by Crippen LogP contribution is 2.25. The minimum absolute atomic E-state index is 0.0927. The number of hydrogen-bond acceptors (Lipinski definition) is 4. The highest BCUT2D eigenvalue weighted by Gasteiger charge is 2.17. The number of benzene rings is 1. The van der Waals surface area contributed by atoms with Crippen molar-refractivity contribution in [2.24, 2.45) is 10.9 Å². The van der Waals surface area contributed by atoms with Gasteiger partial charge in [0.15, 0.2) is 5.84 Å². The van der Waals surface area contributed by atoms with Crippen LogP contribution in [0.25, 0.3) is 0 Å². The van der Waals surface area contributed by atoms with Gasteiger partial charge in [0.05, 0.1) is 0 Å². The first kappa shape index (κ1) is 14.0. The Morgan fingerprint density at radius 1 is 1.32 bits per heavy atom. The van der Waals surface area contributed by atoms with E-state index in [1.165, 1.54) is 0 Å². The van der Waals surface area contributed by atoms with Gasteiger partial charge in [-0.2, -0.15) is 0 Å². The molecule has 0 bridgehead atoms. The molecule has 1 saturated heterocycles. The lowest BCUT2D eigenvalue weighted by Crippen LogP contribution is -2.30. The second kappa shape index (κ2) is 6.12. The van der Waals surface area contributed by atoms with Crippen LogP contribution in [-0.2, 0) is 0 Å². The molecular formula is C13H19ClN4O. The monoisotopic (exact) mass is 282 g/mol. The Kier molecular flexibility index (Phi) is 4.50. The zero-order chi connectivity index (χ0) is 13.8. The second-order valence-electron chi connectivity index (χ2n) is 4.79. The van der Waals surface area contributed by atoms with Gasteiger partial charge in [-0.1, -0.05) is 16.8 Å². The van der Waals surface area contributed by atoms with Crippen LogP contribution in [0.15, 0.2) is 23.4 Å². The molecule has 1 aromatic rings. The predicted molar refractivity (Wildman–Crippen MR) is 78.3 cm³/mol. The van der Waals surface area contributed by atoms with Crippen molar-refractivity contribution in [1.29, 1.82) is 0 Å². The summed E-state index contributed by atoms with van der Waals surface area (Å²) in [6.07, 6.45) is 1.09. The fraction of sp³-hybridized carbons (Fsp3) is 0.462. The summed E-state index contributed by atoms with van der Waals surface area (Å²) in [4.78, 5) is 4.56. The van der Waals surface area contributed by atoms with E-state index >= 15 is 0 Å². The molecule has 0 saturated carbocycles. The molecule has 0 aliphatic carbocycles. The Hall–Kier alpha value is -1.46. The van der Waals surface area contributed by atoms with E-state index in [2.05, 4.69) is 22.0 Å². The standard InChI is InChI=1S/C13H19ClN4O/c1-17-5-2-6-18(8-7-17)12-4-3-10(14)9-11(12)13(15)16-19/h3-4,9,19H,2,5-8H2,1H3,(H2,15,16). The van der Waals surface area contributed by atoms with E-state index in [4.69, 9.17) is 22.5 Å². The summed E-state index contributed by atoms with van der Waals surface area (Å²) >= 11 is 5.99. The van der Waals surface area contributed by atoms with E-state index in [0.29, 0.717) is 10.6 Å². The molecule has 0 amide bonds. The summed E-state index contributed by atoms with van der Waals surface area (Å²) in [6, 6.07) is 5.50. The molecule has 1 fully saturated rings. The van der Waals surface area contributed by atoms with E-state index in [1.807, 2.05) is 12.1 Å². The first-order valence-electron chi connectivity index (χ1n) is 6.33. The van der Waals surface area contributed by atoms with Crippen LogP contribution in [0.3, 0.4) is 0 Å². The Balaban J connectivity index is 2.33. The van der Waals surface area contributed by atoms with Gasteiger partial charge in [-0.05, 0) is 38.2 Å². The van der Waals surface area contributed by atoms with Crippen molar-refractivity contribution in [3.8, 4) is 0 Å². The van der Waals surface area contributed by atoms with Crippen LogP contribution in [0.2, 0.25) is 5.02 Å². The molecule has 19 heavy (non-hydrogen) atoms. The number of rotatable bonds is 2. The third-order valence-electron chi connectivity index (χ3n) is 3.40. The molecule has 1 aliphatic rings. The molecule has 1 aromatic carbocycles. The van der Waals surface area contributed by atoms with Crippen molar-refractivity contribution < 1.29 is 5.21 Å². The topological polar surface area (TPSA) is 65.1 Å². The minimum atomic E-state index is 0.0927. The number of hydrogen-bond donors (Lipinski definition) is 2. The maximum atomic E-state index is 8.89. The van der Waals surface area contributed by atoms with Crippen LogP contribution >= 0.6 is 11.6 Å². The van der Waals surface area contributed by atoms with Gasteiger partial charge in [-0.15, -0.1) is 0 Å². The van der Waals surface area contributed by atoms with Gasteiger partial charge in [0.25, 0.3) is 0 Å². The van der Waals surface area contributed by atoms with E-state index in [0.717, 1.165) is 38.3 Å². The average molecular weight is 283 g/mol. The summed E-state index contributed by atoms with van der Waals surface area (Å²) in [6.45, 7) is 3.96. The fourth-order valence-corrected chi connectivity index (χ4v) is 2.50.